The van der Waals surface area contributed by atoms with Gasteiger partial charge in [0.25, 0.3) is 0 Å². The van der Waals surface area contributed by atoms with Gasteiger partial charge in [-0.05, 0) is 41.8 Å². The van der Waals surface area contributed by atoms with Gasteiger partial charge < -0.3 is 5.11 Å². The highest BCUT2D eigenvalue weighted by molar-refractivity contribution is 7.90. The molecular formula is C24H22FNO4S. The highest BCUT2D eigenvalue weighted by Crippen LogP contribution is 2.28. The van der Waals surface area contributed by atoms with Crippen LogP contribution in [0.15, 0.2) is 85.5 Å². The number of amides is 1. The monoisotopic (exact) mass is 439 g/mol. The predicted octanol–water partition coefficient (Wildman–Crippen LogP) is 4.68. The summed E-state index contributed by atoms with van der Waals surface area (Å²) in [5.41, 5.74) is 1.79. The molecule has 2 unspecified atom stereocenters. The lowest BCUT2D eigenvalue weighted by Crippen LogP contribution is -2.36. The smallest absolute Gasteiger partial charge is 0.245 e. The van der Waals surface area contributed by atoms with Crippen molar-refractivity contribution < 1.29 is 22.7 Å². The molecule has 0 aliphatic rings. The maximum absolute atomic E-state index is 14.7. The molecule has 0 heterocycles. The molecule has 31 heavy (non-hydrogen) atoms. The van der Waals surface area contributed by atoms with Crippen LogP contribution in [0.25, 0.3) is 11.1 Å². The largest absolute Gasteiger partial charge is 0.508 e. The van der Waals surface area contributed by atoms with Crippen LogP contribution in [0.2, 0.25) is 0 Å². The Balaban J connectivity index is 1.80. The Morgan fingerprint density at radius 2 is 1.65 bits per heavy atom. The minimum Gasteiger partial charge on any atom is -0.508 e. The number of hydrogen-bond acceptors (Lipinski definition) is 4. The average molecular weight is 440 g/mol. The van der Waals surface area contributed by atoms with Crippen LogP contribution in [-0.2, 0) is 14.8 Å². The van der Waals surface area contributed by atoms with Crippen LogP contribution < -0.4 is 4.72 Å². The highest BCUT2D eigenvalue weighted by Gasteiger charge is 2.29. The van der Waals surface area contributed by atoms with Crippen LogP contribution in [0.4, 0.5) is 4.39 Å². The second-order valence-electron chi connectivity index (χ2n) is 7.09. The number of benzene rings is 3. The number of carbonyl (C=O) groups is 1. The van der Waals surface area contributed by atoms with Gasteiger partial charge in [-0.3, -0.25) is 9.52 Å². The van der Waals surface area contributed by atoms with Crippen molar-refractivity contribution in [2.75, 3.05) is 0 Å². The maximum atomic E-state index is 14.7. The number of halogens is 1. The summed E-state index contributed by atoms with van der Waals surface area (Å²) in [6, 6.07) is 19.0. The SMILES string of the molecule is C=CC(c1ccc(O)cc1)S(=O)(=O)NC(=O)C(C)c1ccc(-c2ccccc2)c(F)c1. The van der Waals surface area contributed by atoms with E-state index in [0.29, 0.717) is 22.3 Å². The molecule has 1 amide bonds. The molecule has 3 rings (SSSR count). The van der Waals surface area contributed by atoms with E-state index < -0.39 is 32.9 Å². The Morgan fingerprint density at radius 3 is 2.23 bits per heavy atom. The van der Waals surface area contributed by atoms with Crippen LogP contribution in [0, 0.1) is 5.82 Å². The van der Waals surface area contributed by atoms with Gasteiger partial charge in [-0.2, -0.15) is 0 Å². The number of phenols is 1. The molecule has 7 heteroatoms. The van der Waals surface area contributed by atoms with E-state index in [9.17, 15) is 22.7 Å². The summed E-state index contributed by atoms with van der Waals surface area (Å²) in [4.78, 5) is 12.6. The van der Waals surface area contributed by atoms with E-state index in [4.69, 9.17) is 0 Å². The molecular weight excluding hydrogens is 417 g/mol. The molecule has 0 aromatic heterocycles. The molecule has 3 aromatic rings. The Hall–Kier alpha value is -3.45. The fourth-order valence-corrected chi connectivity index (χ4v) is 4.55. The Kier molecular flexibility index (Phi) is 6.56. The van der Waals surface area contributed by atoms with Gasteiger partial charge in [0, 0.05) is 5.56 Å². The molecule has 3 aromatic carbocycles. The number of sulfonamides is 1. The minimum atomic E-state index is -4.14. The van der Waals surface area contributed by atoms with Crippen LogP contribution in [0.3, 0.4) is 0 Å². The lowest BCUT2D eigenvalue weighted by molar-refractivity contribution is -0.120. The summed E-state index contributed by atoms with van der Waals surface area (Å²) in [7, 11) is -4.14. The van der Waals surface area contributed by atoms with Crippen molar-refractivity contribution >= 4 is 15.9 Å². The number of nitrogens with one attached hydrogen (secondary N) is 1. The molecule has 160 valence electrons. The lowest BCUT2D eigenvalue weighted by atomic mass is 9.96. The predicted molar refractivity (Wildman–Crippen MR) is 118 cm³/mol. The molecule has 0 fully saturated rings. The second kappa shape index (κ2) is 9.14. The van der Waals surface area contributed by atoms with Crippen molar-refractivity contribution in [3.63, 3.8) is 0 Å². The number of rotatable bonds is 7. The summed E-state index contributed by atoms with van der Waals surface area (Å²) in [6.45, 7) is 5.05. The first kappa shape index (κ1) is 22.2. The first-order chi connectivity index (χ1) is 14.7. The first-order valence-corrected chi connectivity index (χ1v) is 11.1. The average Bonchev–Trinajstić information content (AvgIpc) is 2.75. The second-order valence-corrected chi connectivity index (χ2v) is 8.89. The van der Waals surface area contributed by atoms with Crippen LogP contribution in [0.5, 0.6) is 5.75 Å². The molecule has 0 aliphatic heterocycles. The van der Waals surface area contributed by atoms with Crippen molar-refractivity contribution in [1.82, 2.24) is 4.72 Å². The molecule has 5 nitrogen and oxygen atoms in total. The van der Waals surface area contributed by atoms with Crippen LogP contribution in [-0.4, -0.2) is 19.4 Å². The van der Waals surface area contributed by atoms with E-state index >= 15 is 0 Å². The molecule has 2 atom stereocenters. The first-order valence-electron chi connectivity index (χ1n) is 9.54. The molecule has 0 saturated heterocycles. The standard InChI is InChI=1S/C24H22FNO4S/c1-3-23(18-9-12-20(27)13-10-18)31(29,30)26-24(28)16(2)19-11-14-21(22(25)15-19)17-7-5-4-6-8-17/h3-16,23,27H,1H2,2H3,(H,26,28). The third-order valence-electron chi connectivity index (χ3n) is 4.98. The number of hydrogen-bond donors (Lipinski definition) is 2. The van der Waals surface area contributed by atoms with Gasteiger partial charge in [-0.1, -0.05) is 60.7 Å². The zero-order chi connectivity index (χ0) is 22.6. The molecule has 0 spiro atoms. The molecule has 0 aliphatic carbocycles. The van der Waals surface area contributed by atoms with Crippen molar-refractivity contribution in [2.24, 2.45) is 0 Å². The molecule has 0 radical (unpaired) electrons. The van der Waals surface area contributed by atoms with Gasteiger partial charge in [0.05, 0.1) is 5.92 Å². The van der Waals surface area contributed by atoms with E-state index in [0.717, 1.165) is 0 Å². The topological polar surface area (TPSA) is 83.5 Å². The van der Waals surface area contributed by atoms with Gasteiger partial charge in [0.2, 0.25) is 15.9 Å². The number of carbonyl (C=O) groups excluding carboxylic acids is 1. The quantitative estimate of drug-likeness (QED) is 0.524. The van der Waals surface area contributed by atoms with Gasteiger partial charge in [-0.15, -0.1) is 6.58 Å². The summed E-state index contributed by atoms with van der Waals surface area (Å²) >= 11 is 0. The van der Waals surface area contributed by atoms with Crippen molar-refractivity contribution in [3.05, 3.63) is 102 Å². The van der Waals surface area contributed by atoms with Crippen LogP contribution in [0.1, 0.15) is 29.2 Å². The van der Waals surface area contributed by atoms with Crippen molar-refractivity contribution in [1.29, 1.82) is 0 Å². The summed E-state index contributed by atoms with van der Waals surface area (Å²) in [5.74, 6) is -2.20. The van der Waals surface area contributed by atoms with Gasteiger partial charge in [0.15, 0.2) is 0 Å². The zero-order valence-electron chi connectivity index (χ0n) is 16.8. The van der Waals surface area contributed by atoms with E-state index in [1.54, 1.807) is 36.4 Å². The van der Waals surface area contributed by atoms with E-state index in [1.165, 1.54) is 43.3 Å². The molecule has 2 N–H and O–H groups in total. The number of phenolic OH excluding ortho intramolecular Hbond substituents is 1. The fraction of sp³-hybridized carbons (Fsp3) is 0.125. The van der Waals surface area contributed by atoms with Gasteiger partial charge in [-0.25, -0.2) is 12.8 Å². The van der Waals surface area contributed by atoms with Crippen LogP contribution >= 0.6 is 0 Å². The Bertz CT molecular complexity index is 1190. The van der Waals surface area contributed by atoms with E-state index in [-0.39, 0.29) is 5.75 Å². The lowest BCUT2D eigenvalue weighted by Gasteiger charge is -2.18. The fourth-order valence-electron chi connectivity index (χ4n) is 3.20. The minimum absolute atomic E-state index is 0.0115. The van der Waals surface area contributed by atoms with E-state index in [1.807, 2.05) is 6.07 Å². The number of aromatic hydroxyl groups is 1. The third-order valence-corrected chi connectivity index (χ3v) is 6.60. The Morgan fingerprint density at radius 1 is 1.03 bits per heavy atom. The summed E-state index contributed by atoms with van der Waals surface area (Å²) in [6.07, 6.45) is 1.20. The van der Waals surface area contributed by atoms with Crippen molar-refractivity contribution in [2.45, 2.75) is 18.1 Å². The zero-order valence-corrected chi connectivity index (χ0v) is 17.6. The molecule has 0 saturated carbocycles. The highest BCUT2D eigenvalue weighted by atomic mass is 32.2. The molecule has 0 bridgehead atoms. The summed E-state index contributed by atoms with van der Waals surface area (Å²) < 4.78 is 42.2. The van der Waals surface area contributed by atoms with E-state index in [2.05, 4.69) is 11.3 Å². The third kappa shape index (κ3) is 5.00. The van der Waals surface area contributed by atoms with Gasteiger partial charge >= 0.3 is 0 Å². The normalized spacial score (nSPS) is 13.2. The van der Waals surface area contributed by atoms with Gasteiger partial charge in [0.1, 0.15) is 16.8 Å². The maximum Gasteiger partial charge on any atom is 0.245 e. The van der Waals surface area contributed by atoms with Crippen molar-refractivity contribution in [3.8, 4) is 16.9 Å². The summed E-state index contributed by atoms with van der Waals surface area (Å²) in [5, 5.41) is 8.20. The Labute approximate surface area is 180 Å².